The van der Waals surface area contributed by atoms with Gasteiger partial charge in [0, 0.05) is 10.7 Å². The number of nitrogens with zero attached hydrogens (tertiary/aromatic N) is 2. The highest BCUT2D eigenvalue weighted by molar-refractivity contribution is 6.31. The van der Waals surface area contributed by atoms with Gasteiger partial charge in [0.15, 0.2) is 0 Å². The zero-order valence-electron chi connectivity index (χ0n) is 11.2. The highest BCUT2D eigenvalue weighted by atomic mass is 35.5. The Morgan fingerprint density at radius 1 is 1.30 bits per heavy atom. The number of carbonyl (C=O) groups is 1. The normalized spacial score (nSPS) is 10.3. The van der Waals surface area contributed by atoms with Crippen LogP contribution in [0.5, 0.6) is 5.75 Å². The molecule has 104 valence electrons. The summed E-state index contributed by atoms with van der Waals surface area (Å²) in [7, 11) is 0. The molecule has 1 aromatic carbocycles. The lowest BCUT2D eigenvalue weighted by Gasteiger charge is -2.10. The van der Waals surface area contributed by atoms with Crippen LogP contribution in [0.2, 0.25) is 5.02 Å². The van der Waals surface area contributed by atoms with Crippen LogP contribution in [-0.2, 0) is 6.61 Å². The number of nitrogens with two attached hydrogens (primary N) is 1. The fourth-order valence-electron chi connectivity index (χ4n) is 1.84. The first-order valence-electron chi connectivity index (χ1n) is 5.99. The Kier molecular flexibility index (Phi) is 4.20. The van der Waals surface area contributed by atoms with Crippen molar-refractivity contribution < 1.29 is 9.53 Å². The molecule has 1 heterocycles. The van der Waals surface area contributed by atoms with Crippen molar-refractivity contribution in [1.82, 2.24) is 9.97 Å². The highest BCUT2D eigenvalue weighted by Crippen LogP contribution is 2.23. The second-order valence-corrected chi connectivity index (χ2v) is 4.78. The van der Waals surface area contributed by atoms with Crippen molar-refractivity contribution in [3.63, 3.8) is 0 Å². The lowest BCUT2D eigenvalue weighted by Crippen LogP contribution is -2.13. The van der Waals surface area contributed by atoms with Gasteiger partial charge in [-0.1, -0.05) is 11.6 Å². The van der Waals surface area contributed by atoms with Crippen LogP contribution >= 0.6 is 11.6 Å². The van der Waals surface area contributed by atoms with Crippen molar-refractivity contribution in [3.8, 4) is 5.75 Å². The Balaban J connectivity index is 2.20. The lowest BCUT2D eigenvalue weighted by molar-refractivity contribution is 0.0996. The van der Waals surface area contributed by atoms with E-state index in [2.05, 4.69) is 9.97 Å². The van der Waals surface area contributed by atoms with Gasteiger partial charge in [0.25, 0.3) is 5.91 Å². The summed E-state index contributed by atoms with van der Waals surface area (Å²) in [6.07, 6.45) is 0. The molecule has 0 atom stereocenters. The number of rotatable bonds is 4. The number of hydrogen-bond acceptors (Lipinski definition) is 4. The van der Waals surface area contributed by atoms with E-state index < -0.39 is 5.91 Å². The average molecular weight is 292 g/mol. The fraction of sp³-hybridized carbons (Fsp3) is 0.214. The molecule has 2 aromatic rings. The lowest BCUT2D eigenvalue weighted by atomic mass is 10.2. The van der Waals surface area contributed by atoms with E-state index in [9.17, 15) is 4.79 Å². The third-order valence-electron chi connectivity index (χ3n) is 2.60. The first-order valence-corrected chi connectivity index (χ1v) is 6.37. The number of primary amides is 1. The fourth-order valence-corrected chi connectivity index (χ4v) is 2.01. The summed E-state index contributed by atoms with van der Waals surface area (Å²) < 4.78 is 5.60. The molecule has 1 amide bonds. The molecule has 0 unspecified atom stereocenters. The number of ether oxygens (including phenoxy) is 1. The largest absolute Gasteiger partial charge is 0.486 e. The molecule has 0 aliphatic rings. The Morgan fingerprint density at radius 3 is 2.70 bits per heavy atom. The van der Waals surface area contributed by atoms with E-state index in [0.717, 1.165) is 11.4 Å². The molecule has 20 heavy (non-hydrogen) atoms. The van der Waals surface area contributed by atoms with Crippen molar-refractivity contribution in [2.24, 2.45) is 5.73 Å². The van der Waals surface area contributed by atoms with Crippen LogP contribution in [0.4, 0.5) is 0 Å². The highest BCUT2D eigenvalue weighted by Gasteiger charge is 2.11. The second kappa shape index (κ2) is 5.88. The van der Waals surface area contributed by atoms with Crippen LogP contribution < -0.4 is 10.5 Å². The van der Waals surface area contributed by atoms with Gasteiger partial charge in [-0.2, -0.15) is 0 Å². The van der Waals surface area contributed by atoms with E-state index in [1.807, 2.05) is 19.9 Å². The van der Waals surface area contributed by atoms with E-state index in [0.29, 0.717) is 16.6 Å². The zero-order valence-corrected chi connectivity index (χ0v) is 11.9. The Hall–Kier alpha value is -2.14. The molecule has 0 bridgehead atoms. The maximum Gasteiger partial charge on any atom is 0.252 e. The molecule has 0 aliphatic carbocycles. The van der Waals surface area contributed by atoms with Crippen LogP contribution in [0, 0.1) is 13.8 Å². The average Bonchev–Trinajstić information content (AvgIpc) is 2.36. The molecule has 1 aromatic heterocycles. The van der Waals surface area contributed by atoms with Gasteiger partial charge in [-0.3, -0.25) is 4.79 Å². The Bertz CT molecular complexity index is 639. The summed E-state index contributed by atoms with van der Waals surface area (Å²) >= 11 is 5.84. The topological polar surface area (TPSA) is 78.1 Å². The van der Waals surface area contributed by atoms with Gasteiger partial charge in [-0.25, -0.2) is 9.97 Å². The number of carbonyl (C=O) groups excluding carboxylic acids is 1. The summed E-state index contributed by atoms with van der Waals surface area (Å²) in [5, 5.41) is 0.430. The predicted octanol–water partition coefficient (Wildman–Crippen LogP) is 2.42. The van der Waals surface area contributed by atoms with Crippen molar-refractivity contribution in [2.45, 2.75) is 20.5 Å². The third-order valence-corrected chi connectivity index (χ3v) is 2.84. The van der Waals surface area contributed by atoms with E-state index >= 15 is 0 Å². The van der Waals surface area contributed by atoms with Crippen LogP contribution in [-0.4, -0.2) is 15.9 Å². The number of hydrogen-bond donors (Lipinski definition) is 1. The van der Waals surface area contributed by atoms with E-state index in [1.165, 1.54) is 6.07 Å². The van der Waals surface area contributed by atoms with Gasteiger partial charge in [-0.05, 0) is 38.1 Å². The van der Waals surface area contributed by atoms with Gasteiger partial charge in [0.2, 0.25) is 0 Å². The monoisotopic (exact) mass is 291 g/mol. The predicted molar refractivity (Wildman–Crippen MR) is 75.8 cm³/mol. The number of halogens is 1. The van der Waals surface area contributed by atoms with Crippen LogP contribution in [0.1, 0.15) is 27.6 Å². The van der Waals surface area contributed by atoms with Crippen LogP contribution in [0.3, 0.4) is 0 Å². The first kappa shape index (κ1) is 14.3. The van der Waals surface area contributed by atoms with Gasteiger partial charge in [0.05, 0.1) is 11.3 Å². The molecule has 0 fully saturated rings. The summed E-state index contributed by atoms with van der Waals surface area (Å²) in [4.78, 5) is 19.8. The van der Waals surface area contributed by atoms with E-state index in [1.54, 1.807) is 12.1 Å². The minimum atomic E-state index is -0.586. The molecule has 0 saturated heterocycles. The Morgan fingerprint density at radius 2 is 2.05 bits per heavy atom. The minimum absolute atomic E-state index is 0.228. The molecular weight excluding hydrogens is 278 g/mol. The Labute approximate surface area is 121 Å². The van der Waals surface area contributed by atoms with Gasteiger partial charge < -0.3 is 10.5 Å². The summed E-state index contributed by atoms with van der Waals surface area (Å²) in [5.74, 6) is 0.475. The molecule has 5 nitrogen and oxygen atoms in total. The van der Waals surface area contributed by atoms with Gasteiger partial charge in [0.1, 0.15) is 18.2 Å². The third kappa shape index (κ3) is 3.45. The van der Waals surface area contributed by atoms with E-state index in [4.69, 9.17) is 22.1 Å². The SMILES string of the molecule is Cc1cc(COc2ccc(Cl)cc2C(N)=O)nc(C)n1. The second-order valence-electron chi connectivity index (χ2n) is 4.34. The minimum Gasteiger partial charge on any atom is -0.486 e. The van der Waals surface area contributed by atoms with Crippen molar-refractivity contribution in [1.29, 1.82) is 0 Å². The van der Waals surface area contributed by atoms with Crippen LogP contribution in [0.25, 0.3) is 0 Å². The molecule has 2 rings (SSSR count). The molecule has 0 aliphatic heterocycles. The number of amides is 1. The summed E-state index contributed by atoms with van der Waals surface area (Å²) in [5.41, 5.74) is 7.15. The number of aromatic nitrogens is 2. The van der Waals surface area contributed by atoms with Gasteiger partial charge in [-0.15, -0.1) is 0 Å². The smallest absolute Gasteiger partial charge is 0.252 e. The maximum atomic E-state index is 11.4. The summed E-state index contributed by atoms with van der Waals surface area (Å²) in [6, 6.07) is 6.56. The molecular formula is C14H14ClN3O2. The molecule has 0 saturated carbocycles. The standard InChI is InChI=1S/C14H14ClN3O2/c1-8-5-11(18-9(2)17-8)7-20-13-4-3-10(15)6-12(13)14(16)19/h3-6H,7H2,1-2H3,(H2,16,19). The first-order chi connectivity index (χ1) is 9.45. The van der Waals surface area contributed by atoms with Crippen molar-refractivity contribution in [2.75, 3.05) is 0 Å². The number of benzene rings is 1. The quantitative estimate of drug-likeness (QED) is 0.938. The zero-order chi connectivity index (χ0) is 14.7. The molecule has 2 N–H and O–H groups in total. The molecule has 0 radical (unpaired) electrons. The van der Waals surface area contributed by atoms with Crippen molar-refractivity contribution >= 4 is 17.5 Å². The van der Waals surface area contributed by atoms with Crippen molar-refractivity contribution in [3.05, 3.63) is 52.1 Å². The number of aryl methyl sites for hydroxylation is 2. The van der Waals surface area contributed by atoms with Crippen LogP contribution in [0.15, 0.2) is 24.3 Å². The van der Waals surface area contributed by atoms with Gasteiger partial charge >= 0.3 is 0 Å². The van der Waals surface area contributed by atoms with E-state index in [-0.39, 0.29) is 12.2 Å². The molecule has 6 heteroatoms. The summed E-state index contributed by atoms with van der Waals surface area (Å²) in [6.45, 7) is 3.93. The maximum absolute atomic E-state index is 11.4. The molecule has 0 spiro atoms.